The average molecular weight is 384 g/mol. The smallest absolute Gasteiger partial charge is 0.157 e. The maximum absolute atomic E-state index is 5.10. The minimum atomic E-state index is -0.383. The van der Waals surface area contributed by atoms with Crippen LogP contribution < -0.4 is 10.2 Å². The summed E-state index contributed by atoms with van der Waals surface area (Å²) in [6.07, 6.45) is 2.17. The van der Waals surface area contributed by atoms with Gasteiger partial charge in [0.15, 0.2) is 5.66 Å². The van der Waals surface area contributed by atoms with Gasteiger partial charge in [0, 0.05) is 23.0 Å². The lowest BCUT2D eigenvalue weighted by Gasteiger charge is -2.48. The van der Waals surface area contributed by atoms with Gasteiger partial charge in [-0.15, -0.1) is 0 Å². The SMILES string of the molecule is Cc1ccc2ccc3c(c2c1)N=CC1(N3)N(CC(C)C)c2ccccc2C1(C)C. The summed E-state index contributed by atoms with van der Waals surface area (Å²) in [6, 6.07) is 19.8. The molecule has 0 fully saturated rings. The molecule has 1 spiro atoms. The number of nitrogens with one attached hydrogen (secondary N) is 1. The molecule has 1 N–H and O–H groups in total. The highest BCUT2D eigenvalue weighted by molar-refractivity contribution is 6.05. The third-order valence-electron chi connectivity index (χ3n) is 6.65. The molecule has 3 heteroatoms. The quantitative estimate of drug-likeness (QED) is 0.552. The van der Waals surface area contributed by atoms with E-state index in [0.29, 0.717) is 5.92 Å². The monoisotopic (exact) mass is 383 g/mol. The summed E-state index contributed by atoms with van der Waals surface area (Å²) in [6.45, 7) is 12.4. The first-order valence-corrected chi connectivity index (χ1v) is 10.6. The van der Waals surface area contributed by atoms with E-state index in [2.05, 4.69) is 106 Å². The van der Waals surface area contributed by atoms with E-state index in [1.807, 2.05) is 0 Å². The van der Waals surface area contributed by atoms with Crippen LogP contribution in [0.4, 0.5) is 17.1 Å². The largest absolute Gasteiger partial charge is 0.356 e. The van der Waals surface area contributed by atoms with Crippen LogP contribution in [0.2, 0.25) is 0 Å². The Kier molecular flexibility index (Phi) is 3.83. The van der Waals surface area contributed by atoms with Crippen LogP contribution in [-0.4, -0.2) is 18.4 Å². The van der Waals surface area contributed by atoms with Crippen LogP contribution in [0.15, 0.2) is 59.6 Å². The van der Waals surface area contributed by atoms with Crippen LogP contribution in [0.25, 0.3) is 10.8 Å². The highest BCUT2D eigenvalue weighted by Crippen LogP contribution is 2.54. The number of nitrogens with zero attached hydrogens (tertiary/aromatic N) is 2. The van der Waals surface area contributed by atoms with Gasteiger partial charge in [-0.25, -0.2) is 0 Å². The molecule has 0 amide bonds. The van der Waals surface area contributed by atoms with E-state index in [1.54, 1.807) is 0 Å². The van der Waals surface area contributed by atoms with Crippen molar-refractivity contribution in [3.05, 3.63) is 65.7 Å². The van der Waals surface area contributed by atoms with Crippen LogP contribution in [0.5, 0.6) is 0 Å². The molecule has 2 heterocycles. The molecule has 5 rings (SSSR count). The van der Waals surface area contributed by atoms with Gasteiger partial charge in [-0.2, -0.15) is 0 Å². The van der Waals surface area contributed by atoms with Crippen LogP contribution in [0.1, 0.15) is 38.8 Å². The van der Waals surface area contributed by atoms with Gasteiger partial charge in [-0.3, -0.25) is 4.99 Å². The van der Waals surface area contributed by atoms with Gasteiger partial charge in [-0.05, 0) is 42.0 Å². The van der Waals surface area contributed by atoms with Gasteiger partial charge in [0.2, 0.25) is 0 Å². The van der Waals surface area contributed by atoms with E-state index in [9.17, 15) is 0 Å². The Morgan fingerprint density at radius 3 is 2.59 bits per heavy atom. The lowest BCUT2D eigenvalue weighted by molar-refractivity contribution is 0.378. The molecular weight excluding hydrogens is 354 g/mol. The van der Waals surface area contributed by atoms with Crippen molar-refractivity contribution >= 4 is 34.0 Å². The highest BCUT2D eigenvalue weighted by atomic mass is 15.4. The summed E-state index contributed by atoms with van der Waals surface area (Å²) < 4.78 is 0. The Labute approximate surface area is 173 Å². The van der Waals surface area contributed by atoms with Crippen molar-refractivity contribution in [1.82, 2.24) is 0 Å². The number of aliphatic imine (C=N–C) groups is 1. The molecule has 0 aromatic heterocycles. The molecular formula is C26H29N3. The predicted molar refractivity (Wildman–Crippen MR) is 125 cm³/mol. The number of rotatable bonds is 2. The summed E-state index contributed by atoms with van der Waals surface area (Å²) in [7, 11) is 0. The van der Waals surface area contributed by atoms with Gasteiger partial charge in [-0.1, -0.05) is 69.7 Å². The molecule has 2 aliphatic heterocycles. The first kappa shape index (κ1) is 18.2. The second-order valence-corrected chi connectivity index (χ2v) is 9.48. The fourth-order valence-electron chi connectivity index (χ4n) is 5.09. The number of fused-ring (bicyclic) bond motifs is 4. The lowest BCUT2D eigenvalue weighted by Crippen LogP contribution is -2.64. The van der Waals surface area contributed by atoms with Gasteiger partial charge < -0.3 is 10.2 Å². The molecule has 148 valence electrons. The van der Waals surface area contributed by atoms with Crippen molar-refractivity contribution in [3.8, 4) is 0 Å². The van der Waals surface area contributed by atoms with Gasteiger partial charge in [0.25, 0.3) is 0 Å². The molecule has 2 aliphatic rings. The summed E-state index contributed by atoms with van der Waals surface area (Å²) in [5.41, 5.74) is 5.60. The van der Waals surface area contributed by atoms with Crippen LogP contribution in [-0.2, 0) is 5.41 Å². The minimum absolute atomic E-state index is 0.124. The maximum Gasteiger partial charge on any atom is 0.157 e. The molecule has 1 unspecified atom stereocenters. The van der Waals surface area contributed by atoms with Crippen molar-refractivity contribution in [2.24, 2.45) is 10.9 Å². The molecule has 3 aromatic rings. The Morgan fingerprint density at radius 2 is 1.79 bits per heavy atom. The van der Waals surface area contributed by atoms with E-state index < -0.39 is 0 Å². The van der Waals surface area contributed by atoms with Gasteiger partial charge in [0.05, 0.1) is 17.6 Å². The number of hydrogen-bond acceptors (Lipinski definition) is 3. The Morgan fingerprint density at radius 1 is 1.03 bits per heavy atom. The minimum Gasteiger partial charge on any atom is -0.356 e. The Balaban J connectivity index is 1.71. The molecule has 0 saturated carbocycles. The molecule has 3 nitrogen and oxygen atoms in total. The van der Waals surface area contributed by atoms with Gasteiger partial charge >= 0.3 is 0 Å². The first-order chi connectivity index (χ1) is 13.8. The third kappa shape index (κ3) is 2.46. The maximum atomic E-state index is 5.10. The number of benzene rings is 3. The number of hydrogen-bond donors (Lipinski definition) is 1. The zero-order valence-corrected chi connectivity index (χ0v) is 18.0. The Hall–Kier alpha value is -2.81. The van der Waals surface area contributed by atoms with E-state index in [-0.39, 0.29) is 11.1 Å². The fraction of sp³-hybridized carbons (Fsp3) is 0.346. The van der Waals surface area contributed by atoms with Crippen LogP contribution in [0.3, 0.4) is 0 Å². The second-order valence-electron chi connectivity index (χ2n) is 9.48. The van der Waals surface area contributed by atoms with Crippen molar-refractivity contribution in [2.75, 3.05) is 16.8 Å². The molecule has 29 heavy (non-hydrogen) atoms. The number of anilines is 2. The van der Waals surface area contributed by atoms with E-state index >= 15 is 0 Å². The van der Waals surface area contributed by atoms with Gasteiger partial charge in [0.1, 0.15) is 0 Å². The van der Waals surface area contributed by atoms with E-state index in [0.717, 1.165) is 17.9 Å². The highest BCUT2D eigenvalue weighted by Gasteiger charge is 2.57. The number of aryl methyl sites for hydroxylation is 1. The van der Waals surface area contributed by atoms with E-state index in [1.165, 1.54) is 27.6 Å². The lowest BCUT2D eigenvalue weighted by atomic mass is 9.75. The predicted octanol–water partition coefficient (Wildman–Crippen LogP) is 6.43. The molecule has 0 aliphatic carbocycles. The third-order valence-corrected chi connectivity index (χ3v) is 6.65. The zero-order valence-electron chi connectivity index (χ0n) is 18.0. The molecule has 0 radical (unpaired) electrons. The van der Waals surface area contributed by atoms with Crippen LogP contribution in [0, 0.1) is 12.8 Å². The summed E-state index contributed by atoms with van der Waals surface area (Å²) in [4.78, 5) is 7.63. The molecule has 3 aromatic carbocycles. The number of para-hydroxylation sites is 1. The first-order valence-electron chi connectivity index (χ1n) is 10.6. The van der Waals surface area contributed by atoms with E-state index in [4.69, 9.17) is 4.99 Å². The topological polar surface area (TPSA) is 27.6 Å². The van der Waals surface area contributed by atoms with Crippen molar-refractivity contribution < 1.29 is 0 Å². The van der Waals surface area contributed by atoms with Crippen LogP contribution >= 0.6 is 0 Å². The summed E-state index contributed by atoms with van der Waals surface area (Å²) >= 11 is 0. The summed E-state index contributed by atoms with van der Waals surface area (Å²) in [5.74, 6) is 0.546. The molecule has 0 saturated heterocycles. The normalized spacial score (nSPS) is 21.5. The van der Waals surface area contributed by atoms with Crippen molar-refractivity contribution in [3.63, 3.8) is 0 Å². The van der Waals surface area contributed by atoms with Crippen molar-refractivity contribution in [1.29, 1.82) is 0 Å². The fourth-order valence-corrected chi connectivity index (χ4v) is 5.09. The molecule has 0 bridgehead atoms. The molecule has 1 atom stereocenters. The van der Waals surface area contributed by atoms with Crippen molar-refractivity contribution in [2.45, 2.75) is 45.7 Å². The zero-order chi connectivity index (χ0) is 20.4. The Bertz CT molecular complexity index is 1140. The standard InChI is InChI=1S/C26H29N3/c1-17(2)15-29-23-9-7-6-8-21(23)25(4,5)26(29)16-27-24-20-14-18(3)10-11-19(20)12-13-22(24)28-26/h6-14,16-17,28H,15H2,1-5H3. The average Bonchev–Trinajstić information content (AvgIpc) is 2.86. The summed E-state index contributed by atoms with van der Waals surface area (Å²) in [5, 5.41) is 6.40. The second kappa shape index (κ2) is 6.09.